The second kappa shape index (κ2) is 5.11. The topological polar surface area (TPSA) is 128 Å². The third-order valence-electron chi connectivity index (χ3n) is 3.68. The van der Waals surface area contributed by atoms with Gasteiger partial charge >= 0.3 is 0 Å². The van der Waals surface area contributed by atoms with Crippen LogP contribution in [0.4, 0.5) is 17.5 Å². The monoisotopic (exact) mass is 317 g/mol. The molecule has 1 fully saturated rings. The predicted octanol–water partition coefficient (Wildman–Crippen LogP) is -1.64. The Hall–Kier alpha value is -1.39. The number of ether oxygens (including phenoxy) is 1. The van der Waals surface area contributed by atoms with Crippen LogP contribution in [0.25, 0.3) is 0 Å². The standard InChI is InChI=1S/C11H16ClN5O4/c1-16-3-17(9-5(16)8(12)14-11(13)15-9)10-7(20)6(19)4(2-18)21-10/h4,6-7,10,18-20H,2-3H2,1H3,(H2,13,14,15). The Kier molecular flexibility index (Phi) is 3.54. The lowest BCUT2D eigenvalue weighted by molar-refractivity contribution is -0.0221. The Morgan fingerprint density at radius 3 is 2.71 bits per heavy atom. The number of aliphatic hydroxyl groups excluding tert-OH is 3. The van der Waals surface area contributed by atoms with Crippen molar-refractivity contribution in [2.75, 3.05) is 35.9 Å². The first-order valence-corrected chi connectivity index (χ1v) is 6.75. The predicted molar refractivity (Wildman–Crippen MR) is 75.0 cm³/mol. The van der Waals surface area contributed by atoms with Crippen molar-refractivity contribution in [1.82, 2.24) is 9.97 Å². The first-order valence-electron chi connectivity index (χ1n) is 6.37. The number of aromatic nitrogens is 2. The summed E-state index contributed by atoms with van der Waals surface area (Å²) in [6.07, 6.45) is -4.07. The maximum Gasteiger partial charge on any atom is 0.223 e. The fraction of sp³-hybridized carbons (Fsp3) is 0.636. The molecule has 3 heterocycles. The molecule has 0 amide bonds. The minimum atomic E-state index is -1.18. The van der Waals surface area contributed by atoms with Crippen molar-refractivity contribution < 1.29 is 20.1 Å². The van der Waals surface area contributed by atoms with E-state index in [2.05, 4.69) is 9.97 Å². The quantitative estimate of drug-likeness (QED) is 0.475. The van der Waals surface area contributed by atoms with Crippen LogP contribution < -0.4 is 15.5 Å². The Balaban J connectivity index is 1.97. The molecule has 4 atom stereocenters. The second-order valence-electron chi connectivity index (χ2n) is 5.08. The molecule has 0 radical (unpaired) electrons. The molecule has 0 aliphatic carbocycles. The number of fused-ring (bicyclic) bond motifs is 1. The van der Waals surface area contributed by atoms with Gasteiger partial charge in [-0.25, -0.2) is 0 Å². The summed E-state index contributed by atoms with van der Waals surface area (Å²) in [6.45, 7) is -0.0578. The molecule has 4 unspecified atom stereocenters. The molecule has 9 nitrogen and oxygen atoms in total. The maximum atomic E-state index is 10.1. The van der Waals surface area contributed by atoms with Crippen molar-refractivity contribution in [3.63, 3.8) is 0 Å². The Morgan fingerprint density at radius 1 is 1.38 bits per heavy atom. The highest BCUT2D eigenvalue weighted by molar-refractivity contribution is 6.33. The lowest BCUT2D eigenvalue weighted by Gasteiger charge is -2.27. The van der Waals surface area contributed by atoms with Crippen LogP contribution in [0.1, 0.15) is 0 Å². The summed E-state index contributed by atoms with van der Waals surface area (Å²) in [4.78, 5) is 11.4. The molecular formula is C11H16ClN5O4. The van der Waals surface area contributed by atoms with Gasteiger partial charge in [0.25, 0.3) is 0 Å². The molecule has 10 heteroatoms. The molecule has 1 saturated heterocycles. The summed E-state index contributed by atoms with van der Waals surface area (Å²) in [7, 11) is 1.78. The lowest BCUT2D eigenvalue weighted by Crippen LogP contribution is -2.45. The summed E-state index contributed by atoms with van der Waals surface area (Å²) >= 11 is 6.07. The van der Waals surface area contributed by atoms with Crippen molar-refractivity contribution in [2.45, 2.75) is 24.5 Å². The van der Waals surface area contributed by atoms with Gasteiger partial charge in [0.15, 0.2) is 17.2 Å². The first-order chi connectivity index (χ1) is 9.93. The SMILES string of the molecule is CN1CN(C2OC(CO)C(O)C2O)c2nc(N)nc(Cl)c21. The molecule has 21 heavy (non-hydrogen) atoms. The van der Waals surface area contributed by atoms with Gasteiger partial charge in [0.2, 0.25) is 5.95 Å². The van der Waals surface area contributed by atoms with Gasteiger partial charge in [0.1, 0.15) is 24.0 Å². The van der Waals surface area contributed by atoms with E-state index in [9.17, 15) is 10.2 Å². The average molecular weight is 318 g/mol. The van der Waals surface area contributed by atoms with Crippen molar-refractivity contribution in [3.8, 4) is 0 Å². The molecule has 2 aliphatic heterocycles. The van der Waals surface area contributed by atoms with Crippen LogP contribution in [0.5, 0.6) is 0 Å². The van der Waals surface area contributed by atoms with Crippen LogP contribution in [-0.2, 0) is 4.74 Å². The second-order valence-corrected chi connectivity index (χ2v) is 5.44. The van der Waals surface area contributed by atoms with Crippen molar-refractivity contribution >= 4 is 29.1 Å². The van der Waals surface area contributed by atoms with Crippen LogP contribution >= 0.6 is 11.6 Å². The zero-order valence-electron chi connectivity index (χ0n) is 11.2. The summed E-state index contributed by atoms with van der Waals surface area (Å²) in [5, 5.41) is 29.3. The molecule has 116 valence electrons. The van der Waals surface area contributed by atoms with Crippen LogP contribution in [0, 0.1) is 0 Å². The number of nitrogens with zero attached hydrogens (tertiary/aromatic N) is 4. The molecule has 0 spiro atoms. The van der Waals surface area contributed by atoms with E-state index in [4.69, 9.17) is 27.2 Å². The molecule has 3 rings (SSSR count). The summed E-state index contributed by atoms with van der Waals surface area (Å²) in [5.74, 6) is 0.427. The van der Waals surface area contributed by atoms with E-state index in [0.717, 1.165) is 0 Å². The fourth-order valence-corrected chi connectivity index (χ4v) is 2.98. The average Bonchev–Trinajstić information content (AvgIpc) is 2.89. The molecule has 0 aromatic carbocycles. The number of nitrogen functional groups attached to an aromatic ring is 1. The molecule has 1 aromatic heterocycles. The minimum absolute atomic E-state index is 0.00536. The summed E-state index contributed by atoms with van der Waals surface area (Å²) < 4.78 is 5.51. The van der Waals surface area contributed by atoms with Crippen molar-refractivity contribution in [3.05, 3.63) is 5.15 Å². The van der Waals surface area contributed by atoms with Gasteiger partial charge in [-0.3, -0.25) is 0 Å². The van der Waals surface area contributed by atoms with E-state index in [1.54, 1.807) is 16.8 Å². The highest BCUT2D eigenvalue weighted by atomic mass is 35.5. The lowest BCUT2D eigenvalue weighted by atomic mass is 10.1. The van der Waals surface area contributed by atoms with E-state index >= 15 is 0 Å². The Morgan fingerprint density at radius 2 is 2.10 bits per heavy atom. The molecule has 5 N–H and O–H groups in total. The van der Waals surface area contributed by atoms with E-state index in [-0.39, 0.29) is 11.1 Å². The number of halogens is 1. The van der Waals surface area contributed by atoms with Gasteiger partial charge in [-0.2, -0.15) is 9.97 Å². The molecule has 0 saturated carbocycles. The smallest absolute Gasteiger partial charge is 0.223 e. The highest BCUT2D eigenvalue weighted by Gasteiger charge is 2.48. The van der Waals surface area contributed by atoms with E-state index in [1.807, 2.05) is 0 Å². The van der Waals surface area contributed by atoms with Gasteiger partial charge in [0.05, 0.1) is 13.3 Å². The van der Waals surface area contributed by atoms with Gasteiger partial charge in [-0.1, -0.05) is 11.6 Å². The number of hydrogen-bond donors (Lipinski definition) is 4. The van der Waals surface area contributed by atoms with Gasteiger partial charge < -0.3 is 35.6 Å². The third-order valence-corrected chi connectivity index (χ3v) is 3.95. The van der Waals surface area contributed by atoms with Crippen molar-refractivity contribution in [1.29, 1.82) is 0 Å². The summed E-state index contributed by atoms with van der Waals surface area (Å²) in [6, 6.07) is 0. The van der Waals surface area contributed by atoms with Crippen LogP contribution in [0.2, 0.25) is 5.15 Å². The number of aliphatic hydroxyl groups is 3. The maximum absolute atomic E-state index is 10.1. The highest BCUT2D eigenvalue weighted by Crippen LogP contribution is 2.41. The normalized spacial score (nSPS) is 31.9. The number of nitrogens with two attached hydrogens (primary N) is 1. The van der Waals surface area contributed by atoms with Crippen LogP contribution in [0.3, 0.4) is 0 Å². The number of anilines is 3. The Bertz CT molecular complexity index is 562. The molecular weight excluding hydrogens is 302 g/mol. The Labute approximate surface area is 125 Å². The summed E-state index contributed by atoms with van der Waals surface area (Å²) in [5.41, 5.74) is 6.18. The number of rotatable bonds is 2. The van der Waals surface area contributed by atoms with Crippen molar-refractivity contribution in [2.24, 2.45) is 0 Å². The van der Waals surface area contributed by atoms with Gasteiger partial charge in [0, 0.05) is 7.05 Å². The minimum Gasteiger partial charge on any atom is -0.394 e. The van der Waals surface area contributed by atoms with Gasteiger partial charge in [-0.15, -0.1) is 0 Å². The number of hydrogen-bond acceptors (Lipinski definition) is 9. The third kappa shape index (κ3) is 2.17. The van der Waals surface area contributed by atoms with Crippen LogP contribution in [0.15, 0.2) is 0 Å². The zero-order chi connectivity index (χ0) is 15.3. The van der Waals surface area contributed by atoms with E-state index < -0.39 is 31.1 Å². The largest absolute Gasteiger partial charge is 0.394 e. The zero-order valence-corrected chi connectivity index (χ0v) is 12.0. The first kappa shape index (κ1) is 14.5. The molecule has 0 bridgehead atoms. The van der Waals surface area contributed by atoms with Gasteiger partial charge in [-0.05, 0) is 0 Å². The van der Waals surface area contributed by atoms with E-state index in [1.165, 1.54) is 0 Å². The molecule has 1 aromatic rings. The fourth-order valence-electron chi connectivity index (χ4n) is 2.67. The van der Waals surface area contributed by atoms with Crippen LogP contribution in [-0.4, -0.2) is 70.2 Å². The molecule has 2 aliphatic rings. The van der Waals surface area contributed by atoms with E-state index in [0.29, 0.717) is 18.2 Å².